The maximum Gasteiger partial charge on any atom is 0.0317 e. The lowest BCUT2D eigenvalue weighted by Gasteiger charge is -2.38. The summed E-state index contributed by atoms with van der Waals surface area (Å²) in [7, 11) is 0. The van der Waals surface area contributed by atoms with Gasteiger partial charge in [0.2, 0.25) is 0 Å². The molecule has 1 aliphatic heterocycles. The number of hydrogen-bond donors (Lipinski definition) is 1. The van der Waals surface area contributed by atoms with E-state index in [1.807, 2.05) is 0 Å². The van der Waals surface area contributed by atoms with Crippen molar-refractivity contribution < 1.29 is 0 Å². The van der Waals surface area contributed by atoms with Gasteiger partial charge in [-0.15, -0.1) is 0 Å². The van der Waals surface area contributed by atoms with Crippen molar-refractivity contribution in [1.29, 1.82) is 0 Å². The Labute approximate surface area is 177 Å². The molecule has 0 amide bonds. The fourth-order valence-corrected chi connectivity index (χ4v) is 5.32. The highest BCUT2D eigenvalue weighted by atomic mass is 15.2. The van der Waals surface area contributed by atoms with Crippen LogP contribution in [0.2, 0.25) is 0 Å². The highest BCUT2D eigenvalue weighted by Crippen LogP contribution is 2.35. The lowest BCUT2D eigenvalue weighted by atomic mass is 9.83. The zero-order valence-corrected chi connectivity index (χ0v) is 20.4. The molecule has 0 aromatic carbocycles. The third kappa shape index (κ3) is 7.16. The van der Waals surface area contributed by atoms with Crippen molar-refractivity contribution in [2.75, 3.05) is 6.54 Å². The van der Waals surface area contributed by atoms with Gasteiger partial charge in [0.25, 0.3) is 0 Å². The summed E-state index contributed by atoms with van der Waals surface area (Å²) < 4.78 is 0. The molecule has 5 unspecified atom stereocenters. The van der Waals surface area contributed by atoms with E-state index in [-0.39, 0.29) is 0 Å². The van der Waals surface area contributed by atoms with E-state index in [0.717, 1.165) is 24.7 Å². The van der Waals surface area contributed by atoms with Gasteiger partial charge >= 0.3 is 0 Å². The van der Waals surface area contributed by atoms with Crippen LogP contribution in [0.15, 0.2) is 24.6 Å². The van der Waals surface area contributed by atoms with Crippen LogP contribution in [0.3, 0.4) is 0 Å². The number of allylic oxidation sites excluding steroid dienone is 2. The molecule has 0 saturated carbocycles. The van der Waals surface area contributed by atoms with Crippen LogP contribution in [-0.2, 0) is 0 Å². The molecule has 1 fully saturated rings. The third-order valence-corrected chi connectivity index (χ3v) is 6.98. The number of likely N-dealkylation sites (tertiary alicyclic amines) is 1. The van der Waals surface area contributed by atoms with Crippen molar-refractivity contribution in [2.45, 2.75) is 106 Å². The van der Waals surface area contributed by atoms with Crippen LogP contribution >= 0.6 is 0 Å². The van der Waals surface area contributed by atoms with Gasteiger partial charge in [0.15, 0.2) is 0 Å². The van der Waals surface area contributed by atoms with Crippen LogP contribution in [0.1, 0.15) is 93.9 Å². The van der Waals surface area contributed by atoms with E-state index in [0.29, 0.717) is 29.8 Å². The predicted octanol–water partition coefficient (Wildman–Crippen LogP) is 7.24. The van der Waals surface area contributed by atoms with Crippen LogP contribution in [0.25, 0.3) is 0 Å². The molecule has 0 aliphatic carbocycles. The molecule has 0 spiro atoms. The van der Waals surface area contributed by atoms with Crippen LogP contribution in [0, 0.1) is 29.6 Å². The van der Waals surface area contributed by atoms with Gasteiger partial charge in [-0.05, 0) is 55.3 Å². The minimum absolute atomic E-state index is 0.473. The minimum Gasteiger partial charge on any atom is -0.386 e. The van der Waals surface area contributed by atoms with E-state index in [1.165, 1.54) is 43.6 Å². The maximum atomic E-state index is 4.57. The number of hydrogen-bond acceptors (Lipinski definition) is 2. The van der Waals surface area contributed by atoms with Gasteiger partial charge in [-0.3, -0.25) is 0 Å². The Bertz CT molecular complexity index is 479. The van der Waals surface area contributed by atoms with Crippen molar-refractivity contribution in [1.82, 2.24) is 10.2 Å². The third-order valence-electron chi connectivity index (χ3n) is 6.98. The van der Waals surface area contributed by atoms with Gasteiger partial charge in [0, 0.05) is 30.0 Å². The first-order valence-electron chi connectivity index (χ1n) is 12.0. The summed E-state index contributed by atoms with van der Waals surface area (Å²) in [5.41, 5.74) is 2.56. The smallest absolute Gasteiger partial charge is 0.0317 e. The van der Waals surface area contributed by atoms with Crippen LogP contribution in [0.5, 0.6) is 0 Å². The Morgan fingerprint density at radius 2 is 1.61 bits per heavy atom. The second kappa shape index (κ2) is 11.9. The molecule has 28 heavy (non-hydrogen) atoms. The molecular weight excluding hydrogens is 340 g/mol. The Hall–Kier alpha value is -0.920. The van der Waals surface area contributed by atoms with E-state index in [9.17, 15) is 0 Å². The molecule has 0 aromatic heterocycles. The van der Waals surface area contributed by atoms with Crippen LogP contribution < -0.4 is 5.32 Å². The fraction of sp³-hybridized carbons (Fsp3) is 0.846. The molecule has 1 rings (SSSR count). The lowest BCUT2D eigenvalue weighted by molar-refractivity contribution is 0.173. The molecule has 1 N–H and O–H groups in total. The number of rotatable bonds is 13. The SMILES string of the molecule is C=C(CC(C)C)NC(C(C)CC)C(C)CC(=C)N1CCCC1C(CC)C(C)C. The highest BCUT2D eigenvalue weighted by molar-refractivity contribution is 5.05. The second-order valence-electron chi connectivity index (χ2n) is 10.2. The van der Waals surface area contributed by atoms with E-state index in [4.69, 9.17) is 0 Å². The molecule has 5 atom stereocenters. The number of nitrogens with one attached hydrogen (secondary N) is 1. The molecule has 0 bridgehead atoms. The molecular formula is C26H50N2. The van der Waals surface area contributed by atoms with Crippen molar-refractivity contribution in [2.24, 2.45) is 29.6 Å². The highest BCUT2D eigenvalue weighted by Gasteiger charge is 2.34. The molecule has 0 aromatic rings. The van der Waals surface area contributed by atoms with E-state index in [1.54, 1.807) is 0 Å². The second-order valence-corrected chi connectivity index (χ2v) is 10.2. The Morgan fingerprint density at radius 3 is 2.11 bits per heavy atom. The summed E-state index contributed by atoms with van der Waals surface area (Å²) in [6, 6.07) is 1.16. The van der Waals surface area contributed by atoms with Crippen molar-refractivity contribution >= 4 is 0 Å². The van der Waals surface area contributed by atoms with Gasteiger partial charge in [-0.25, -0.2) is 0 Å². The topological polar surface area (TPSA) is 15.3 Å². The molecule has 1 aliphatic rings. The Kier molecular flexibility index (Phi) is 10.7. The predicted molar refractivity (Wildman–Crippen MR) is 126 cm³/mol. The zero-order chi connectivity index (χ0) is 21.4. The van der Waals surface area contributed by atoms with Crippen LogP contribution in [0.4, 0.5) is 0 Å². The van der Waals surface area contributed by atoms with E-state index < -0.39 is 0 Å². The van der Waals surface area contributed by atoms with Crippen molar-refractivity contribution in [3.8, 4) is 0 Å². The van der Waals surface area contributed by atoms with Gasteiger partial charge < -0.3 is 10.2 Å². The zero-order valence-electron chi connectivity index (χ0n) is 20.4. The Morgan fingerprint density at radius 1 is 0.964 bits per heavy atom. The summed E-state index contributed by atoms with van der Waals surface area (Å²) >= 11 is 0. The summed E-state index contributed by atoms with van der Waals surface area (Å²) in [6.07, 6.45) is 7.26. The largest absolute Gasteiger partial charge is 0.386 e. The molecule has 2 heteroatoms. The molecule has 1 heterocycles. The average molecular weight is 391 g/mol. The van der Waals surface area contributed by atoms with Crippen LogP contribution in [-0.4, -0.2) is 23.5 Å². The van der Waals surface area contributed by atoms with Crippen molar-refractivity contribution in [3.05, 3.63) is 24.6 Å². The first kappa shape index (κ1) is 25.1. The van der Waals surface area contributed by atoms with Gasteiger partial charge in [0.05, 0.1) is 0 Å². The first-order valence-corrected chi connectivity index (χ1v) is 12.0. The normalized spacial score (nSPS) is 21.6. The van der Waals surface area contributed by atoms with Gasteiger partial charge in [0.1, 0.15) is 0 Å². The fourth-order valence-electron chi connectivity index (χ4n) is 5.32. The van der Waals surface area contributed by atoms with Gasteiger partial charge in [-0.1, -0.05) is 81.4 Å². The van der Waals surface area contributed by atoms with Crippen molar-refractivity contribution in [3.63, 3.8) is 0 Å². The lowest BCUT2D eigenvalue weighted by Crippen LogP contribution is -2.42. The van der Waals surface area contributed by atoms with Gasteiger partial charge in [-0.2, -0.15) is 0 Å². The average Bonchev–Trinajstić information content (AvgIpc) is 3.08. The summed E-state index contributed by atoms with van der Waals surface area (Å²) in [6.45, 7) is 28.8. The molecule has 0 radical (unpaired) electrons. The molecule has 164 valence electrons. The maximum absolute atomic E-state index is 4.57. The first-order chi connectivity index (χ1) is 13.1. The quantitative estimate of drug-likeness (QED) is 0.356. The molecule has 2 nitrogen and oxygen atoms in total. The minimum atomic E-state index is 0.473. The Balaban J connectivity index is 2.81. The summed E-state index contributed by atoms with van der Waals surface area (Å²) in [5, 5.41) is 3.80. The van der Waals surface area contributed by atoms with E-state index in [2.05, 4.69) is 78.8 Å². The number of nitrogens with zero attached hydrogens (tertiary/aromatic N) is 1. The summed E-state index contributed by atoms with van der Waals surface area (Å²) in [5.74, 6) is 3.38. The monoisotopic (exact) mass is 390 g/mol. The molecule has 1 saturated heterocycles. The van der Waals surface area contributed by atoms with E-state index >= 15 is 0 Å². The standard InChI is InChI=1S/C26H50N2/c1-11-20(7)26(27-22(9)16-18(3)4)21(8)17-23(10)28-15-13-14-25(28)24(12-2)19(5)6/h18-21,24-27H,9-17H2,1-8H3. The summed E-state index contributed by atoms with van der Waals surface area (Å²) in [4.78, 5) is 2.67.